The topological polar surface area (TPSA) is 88.9 Å². The zero-order valence-electron chi connectivity index (χ0n) is 18.8. The number of anilines is 1. The Bertz CT molecular complexity index is 1280. The van der Waals surface area contributed by atoms with E-state index in [-0.39, 0.29) is 16.2 Å². The van der Waals surface area contributed by atoms with Crippen LogP contribution < -0.4 is 10.4 Å². The maximum Gasteiger partial charge on any atom is 0.339 e. The fourth-order valence-electron chi connectivity index (χ4n) is 3.46. The predicted octanol–water partition coefficient (Wildman–Crippen LogP) is 5.19. The Morgan fingerprint density at radius 1 is 1.09 bits per heavy atom. The Morgan fingerprint density at radius 3 is 2.56 bits per heavy atom. The van der Waals surface area contributed by atoms with Crippen LogP contribution in [-0.2, 0) is 20.7 Å². The highest BCUT2D eigenvalue weighted by atomic mass is 35.5. The minimum atomic E-state index is -0.519. The van der Waals surface area contributed by atoms with Gasteiger partial charge in [-0.3, -0.25) is 15.0 Å². The van der Waals surface area contributed by atoms with Crippen LogP contribution in [0, 0.1) is 0 Å². The van der Waals surface area contributed by atoms with Gasteiger partial charge >= 0.3 is 5.97 Å². The number of hydrogen-bond donors (Lipinski definition) is 1. The van der Waals surface area contributed by atoms with Crippen LogP contribution in [0.15, 0.2) is 64.6 Å². The summed E-state index contributed by atoms with van der Waals surface area (Å²) < 4.78 is 11.0. The van der Waals surface area contributed by atoms with E-state index < -0.39 is 17.8 Å². The maximum atomic E-state index is 12.9. The van der Waals surface area contributed by atoms with Gasteiger partial charge in [-0.05, 0) is 66.9 Å². The number of aryl methyl sites for hydroxylation is 1. The van der Waals surface area contributed by atoms with Crippen LogP contribution in [0.4, 0.5) is 5.69 Å². The first kappa shape index (κ1) is 23.3. The van der Waals surface area contributed by atoms with Crippen molar-refractivity contribution in [2.75, 3.05) is 11.6 Å². The van der Waals surface area contributed by atoms with Gasteiger partial charge in [0.1, 0.15) is 17.1 Å². The monoisotopic (exact) mass is 478 g/mol. The van der Waals surface area contributed by atoms with Crippen LogP contribution in [0.3, 0.4) is 0 Å². The van der Waals surface area contributed by atoms with Crippen LogP contribution in [-0.4, -0.2) is 24.4 Å². The van der Waals surface area contributed by atoms with Gasteiger partial charge in [-0.2, -0.15) is 0 Å². The van der Waals surface area contributed by atoms with Gasteiger partial charge in [0, 0.05) is 5.56 Å². The summed E-state index contributed by atoms with van der Waals surface area (Å²) in [6, 6.07) is 15.6. The van der Waals surface area contributed by atoms with Crippen molar-refractivity contribution in [2.24, 2.45) is 0 Å². The number of hydrazine groups is 1. The molecule has 1 aliphatic heterocycles. The van der Waals surface area contributed by atoms with Crippen molar-refractivity contribution in [3.8, 4) is 11.3 Å². The highest BCUT2D eigenvalue weighted by Crippen LogP contribution is 2.29. The number of benzene rings is 2. The molecular formula is C26H23ClN2O5. The summed E-state index contributed by atoms with van der Waals surface area (Å²) >= 11 is 6.16. The number of rotatable bonds is 7. The summed E-state index contributed by atoms with van der Waals surface area (Å²) in [7, 11) is 0. The van der Waals surface area contributed by atoms with E-state index in [1.54, 1.807) is 42.5 Å². The molecule has 0 aliphatic carbocycles. The fourth-order valence-corrected chi connectivity index (χ4v) is 3.65. The summed E-state index contributed by atoms with van der Waals surface area (Å²) in [5.74, 6) is -0.731. The summed E-state index contributed by atoms with van der Waals surface area (Å²) in [4.78, 5) is 37.6. The molecule has 1 aromatic heterocycles. The van der Waals surface area contributed by atoms with E-state index >= 15 is 0 Å². The zero-order valence-corrected chi connectivity index (χ0v) is 19.5. The fraction of sp³-hybridized carbons (Fsp3) is 0.192. The molecule has 4 rings (SSSR count). The third-order valence-electron chi connectivity index (χ3n) is 5.32. The molecule has 0 atom stereocenters. The Balaban J connectivity index is 1.56. The first-order valence-electron chi connectivity index (χ1n) is 10.9. The number of esters is 1. The number of nitrogens with zero attached hydrogens (tertiary/aromatic N) is 1. The van der Waals surface area contributed by atoms with E-state index in [9.17, 15) is 14.4 Å². The lowest BCUT2D eigenvalue weighted by atomic mass is 10.1. The number of hydrogen-bond acceptors (Lipinski definition) is 5. The van der Waals surface area contributed by atoms with Crippen molar-refractivity contribution in [1.82, 2.24) is 5.43 Å². The Kier molecular flexibility index (Phi) is 6.84. The quantitative estimate of drug-likeness (QED) is 0.287. The molecule has 7 nitrogen and oxygen atoms in total. The average Bonchev–Trinajstić information content (AvgIpc) is 3.43. The number of halogens is 1. The second kappa shape index (κ2) is 9.97. The Labute approximate surface area is 201 Å². The van der Waals surface area contributed by atoms with Gasteiger partial charge in [0.2, 0.25) is 0 Å². The molecule has 2 amide bonds. The first-order chi connectivity index (χ1) is 16.4. The van der Waals surface area contributed by atoms with Gasteiger partial charge in [-0.1, -0.05) is 37.6 Å². The van der Waals surface area contributed by atoms with Crippen molar-refractivity contribution in [2.45, 2.75) is 26.7 Å². The van der Waals surface area contributed by atoms with Gasteiger partial charge < -0.3 is 9.15 Å². The van der Waals surface area contributed by atoms with Crippen LogP contribution in [0.2, 0.25) is 5.02 Å². The van der Waals surface area contributed by atoms with Crippen LogP contribution in [0.5, 0.6) is 0 Å². The molecule has 2 heterocycles. The molecule has 0 unspecified atom stereocenters. The second-order valence-corrected chi connectivity index (χ2v) is 8.10. The normalized spacial score (nSPS) is 14.6. The van der Waals surface area contributed by atoms with E-state index in [1.165, 1.54) is 11.1 Å². The lowest BCUT2D eigenvalue weighted by Crippen LogP contribution is -2.35. The van der Waals surface area contributed by atoms with Crippen LogP contribution in [0.25, 0.3) is 17.4 Å². The van der Waals surface area contributed by atoms with E-state index in [0.717, 1.165) is 12.0 Å². The average molecular weight is 479 g/mol. The van der Waals surface area contributed by atoms with Crippen molar-refractivity contribution in [3.05, 3.63) is 82.1 Å². The smallest absolute Gasteiger partial charge is 0.339 e. The van der Waals surface area contributed by atoms with Gasteiger partial charge in [-0.15, -0.1) is 0 Å². The molecule has 34 heavy (non-hydrogen) atoms. The lowest BCUT2D eigenvalue weighted by molar-refractivity contribution is -0.117. The third kappa shape index (κ3) is 4.75. The van der Waals surface area contributed by atoms with Crippen LogP contribution >= 0.6 is 11.6 Å². The number of amides is 2. The van der Waals surface area contributed by atoms with E-state index in [1.807, 2.05) is 26.0 Å². The molecule has 0 radical (unpaired) electrons. The highest BCUT2D eigenvalue weighted by molar-refractivity contribution is 6.33. The summed E-state index contributed by atoms with van der Waals surface area (Å²) in [6.07, 6.45) is 2.97. The van der Waals surface area contributed by atoms with Crippen molar-refractivity contribution >= 4 is 41.1 Å². The Morgan fingerprint density at radius 2 is 1.85 bits per heavy atom. The standard InChI is InChI=1S/C26H23ClN2O5/c1-3-13-33-26(32)20-14-17(7-11-22(20)27)23-12-10-19(34-23)15-21-24(30)28-29(25(21)31)18-8-5-16(4-2)6-9-18/h5-12,14-15H,3-4,13H2,1-2H3,(H,28,30)/b21-15-. The summed E-state index contributed by atoms with van der Waals surface area (Å²) in [5, 5.41) is 1.49. The lowest BCUT2D eigenvalue weighted by Gasteiger charge is -2.14. The molecule has 1 aliphatic rings. The molecular weight excluding hydrogens is 456 g/mol. The molecule has 0 bridgehead atoms. The number of carbonyl (C=O) groups is 3. The molecule has 8 heteroatoms. The van der Waals surface area contributed by atoms with E-state index in [2.05, 4.69) is 5.43 Å². The third-order valence-corrected chi connectivity index (χ3v) is 5.65. The molecule has 1 saturated heterocycles. The SMILES string of the molecule is CCCOC(=O)c1cc(-c2ccc(/C=C3/C(=O)NN(c4ccc(CC)cc4)C3=O)o2)ccc1Cl. The molecule has 0 spiro atoms. The van der Waals surface area contributed by atoms with Crippen molar-refractivity contribution < 1.29 is 23.5 Å². The van der Waals surface area contributed by atoms with E-state index in [0.29, 0.717) is 35.8 Å². The summed E-state index contributed by atoms with van der Waals surface area (Å²) in [5.41, 5.74) is 5.08. The van der Waals surface area contributed by atoms with Gasteiger partial charge in [0.25, 0.3) is 11.8 Å². The molecule has 2 aromatic carbocycles. The number of furan rings is 1. The Hall–Kier alpha value is -3.84. The van der Waals surface area contributed by atoms with Gasteiger partial charge in [0.15, 0.2) is 0 Å². The minimum absolute atomic E-state index is 0.0413. The molecule has 1 N–H and O–H groups in total. The zero-order chi connectivity index (χ0) is 24.2. The van der Waals surface area contributed by atoms with Gasteiger partial charge in [0.05, 0.1) is 22.9 Å². The highest BCUT2D eigenvalue weighted by Gasteiger charge is 2.34. The predicted molar refractivity (Wildman–Crippen MR) is 129 cm³/mol. The van der Waals surface area contributed by atoms with Crippen LogP contribution in [0.1, 0.15) is 41.9 Å². The molecule has 3 aromatic rings. The minimum Gasteiger partial charge on any atom is -0.462 e. The molecule has 174 valence electrons. The maximum absolute atomic E-state index is 12.9. The van der Waals surface area contributed by atoms with Crippen molar-refractivity contribution in [1.29, 1.82) is 0 Å². The molecule has 1 fully saturated rings. The number of nitrogens with one attached hydrogen (secondary N) is 1. The molecule has 0 saturated carbocycles. The largest absolute Gasteiger partial charge is 0.462 e. The first-order valence-corrected chi connectivity index (χ1v) is 11.3. The van der Waals surface area contributed by atoms with Crippen molar-refractivity contribution in [3.63, 3.8) is 0 Å². The second-order valence-electron chi connectivity index (χ2n) is 7.69. The summed E-state index contributed by atoms with van der Waals surface area (Å²) in [6.45, 7) is 4.24. The van der Waals surface area contributed by atoms with Gasteiger partial charge in [-0.25, -0.2) is 9.80 Å². The number of ether oxygens (including phenoxy) is 1. The van der Waals surface area contributed by atoms with E-state index in [4.69, 9.17) is 20.8 Å². The number of carbonyl (C=O) groups excluding carboxylic acids is 3.